The van der Waals surface area contributed by atoms with Crippen molar-refractivity contribution in [2.24, 2.45) is 0 Å². The molecule has 0 bridgehead atoms. The fraction of sp³-hybridized carbons (Fsp3) is 0.381. The van der Waals surface area contributed by atoms with Crippen molar-refractivity contribution in [2.75, 3.05) is 27.2 Å². The molecular formula is C21H27ClN4O3. The lowest BCUT2D eigenvalue weighted by Crippen LogP contribution is -2.27. The SMILES string of the molecule is CCOC(=O)Cn1nc(-c2ccc(O[C@@H](C)CN(C)C)cc2)c2cccnc21.Cl. The van der Waals surface area contributed by atoms with Gasteiger partial charge in [-0.3, -0.25) is 4.79 Å². The van der Waals surface area contributed by atoms with Gasteiger partial charge in [0.25, 0.3) is 0 Å². The van der Waals surface area contributed by atoms with Gasteiger partial charge < -0.3 is 14.4 Å². The Balaban J connectivity index is 0.00000300. The van der Waals surface area contributed by atoms with Gasteiger partial charge in [0, 0.05) is 23.7 Å². The highest BCUT2D eigenvalue weighted by Crippen LogP contribution is 2.28. The number of pyridine rings is 1. The van der Waals surface area contributed by atoms with E-state index in [4.69, 9.17) is 9.47 Å². The smallest absolute Gasteiger partial charge is 0.327 e. The summed E-state index contributed by atoms with van der Waals surface area (Å²) >= 11 is 0. The molecule has 1 atom stereocenters. The van der Waals surface area contributed by atoms with E-state index in [-0.39, 0.29) is 31.0 Å². The average molecular weight is 419 g/mol. The summed E-state index contributed by atoms with van der Waals surface area (Å²) in [5.41, 5.74) is 2.37. The summed E-state index contributed by atoms with van der Waals surface area (Å²) in [4.78, 5) is 18.4. The number of likely N-dealkylation sites (N-methyl/N-ethyl adjacent to an activating group) is 1. The van der Waals surface area contributed by atoms with Gasteiger partial charge in [-0.05, 0) is 64.3 Å². The molecule has 0 spiro atoms. The Hall–Kier alpha value is -2.64. The van der Waals surface area contributed by atoms with E-state index < -0.39 is 0 Å². The minimum atomic E-state index is -0.331. The van der Waals surface area contributed by atoms with E-state index in [0.29, 0.717) is 12.3 Å². The van der Waals surface area contributed by atoms with Crippen LogP contribution < -0.4 is 4.74 Å². The molecule has 7 nitrogen and oxygen atoms in total. The van der Waals surface area contributed by atoms with Crippen LogP contribution in [-0.2, 0) is 16.1 Å². The number of halogens is 1. The maximum atomic E-state index is 11.9. The number of fused-ring (bicyclic) bond motifs is 1. The average Bonchev–Trinajstić information content (AvgIpc) is 3.00. The zero-order valence-electron chi connectivity index (χ0n) is 17.2. The highest BCUT2D eigenvalue weighted by atomic mass is 35.5. The Morgan fingerprint density at radius 3 is 2.59 bits per heavy atom. The van der Waals surface area contributed by atoms with Gasteiger partial charge in [-0.25, -0.2) is 9.67 Å². The standard InChI is InChI=1S/C21H26N4O3.ClH/c1-5-27-19(26)14-25-21-18(7-6-12-22-21)20(23-25)16-8-10-17(11-9-16)28-15(2)13-24(3)4;/h6-12,15H,5,13-14H2,1-4H3;1H/t15-;/m0./s1. The molecule has 3 aromatic rings. The molecule has 0 unspecified atom stereocenters. The summed E-state index contributed by atoms with van der Waals surface area (Å²) in [6.07, 6.45) is 1.79. The number of ether oxygens (including phenoxy) is 2. The number of aromatic nitrogens is 3. The third-order valence-corrected chi connectivity index (χ3v) is 4.18. The second-order valence-corrected chi connectivity index (χ2v) is 6.90. The van der Waals surface area contributed by atoms with Crippen LogP contribution in [0.4, 0.5) is 0 Å². The normalized spacial score (nSPS) is 11.9. The molecule has 0 aliphatic rings. The molecule has 29 heavy (non-hydrogen) atoms. The number of benzene rings is 1. The maximum absolute atomic E-state index is 11.9. The third-order valence-electron chi connectivity index (χ3n) is 4.18. The van der Waals surface area contributed by atoms with Crippen LogP contribution >= 0.6 is 12.4 Å². The molecule has 3 rings (SSSR count). The molecule has 0 radical (unpaired) electrons. The topological polar surface area (TPSA) is 69.5 Å². The highest BCUT2D eigenvalue weighted by molar-refractivity contribution is 5.91. The summed E-state index contributed by atoms with van der Waals surface area (Å²) < 4.78 is 12.6. The lowest BCUT2D eigenvalue weighted by molar-refractivity contribution is -0.143. The van der Waals surface area contributed by atoms with Crippen molar-refractivity contribution in [3.63, 3.8) is 0 Å². The van der Waals surface area contributed by atoms with E-state index in [0.717, 1.165) is 28.9 Å². The number of rotatable bonds is 8. The van der Waals surface area contributed by atoms with Crippen molar-refractivity contribution in [1.29, 1.82) is 0 Å². The molecule has 0 aliphatic carbocycles. The van der Waals surface area contributed by atoms with E-state index >= 15 is 0 Å². The molecule has 0 saturated carbocycles. The predicted molar refractivity (Wildman–Crippen MR) is 115 cm³/mol. The maximum Gasteiger partial charge on any atom is 0.327 e. The van der Waals surface area contributed by atoms with Crippen LogP contribution in [0.25, 0.3) is 22.3 Å². The van der Waals surface area contributed by atoms with Crippen LogP contribution in [0.1, 0.15) is 13.8 Å². The van der Waals surface area contributed by atoms with Gasteiger partial charge >= 0.3 is 5.97 Å². The first kappa shape index (κ1) is 22.6. The zero-order chi connectivity index (χ0) is 20.1. The molecule has 0 amide bonds. The van der Waals surface area contributed by atoms with E-state index in [1.165, 1.54) is 0 Å². The zero-order valence-corrected chi connectivity index (χ0v) is 18.0. The summed E-state index contributed by atoms with van der Waals surface area (Å²) in [7, 11) is 4.05. The molecule has 156 valence electrons. The molecule has 1 aromatic carbocycles. The van der Waals surface area contributed by atoms with Crippen LogP contribution in [0.3, 0.4) is 0 Å². The second kappa shape index (κ2) is 10.2. The summed E-state index contributed by atoms with van der Waals surface area (Å²) in [6.45, 7) is 5.04. The molecule has 8 heteroatoms. The number of carbonyl (C=O) groups is 1. The molecule has 2 heterocycles. The van der Waals surface area contributed by atoms with Gasteiger partial charge in [-0.1, -0.05) is 0 Å². The van der Waals surface area contributed by atoms with Crippen LogP contribution in [-0.4, -0.2) is 59.0 Å². The lowest BCUT2D eigenvalue weighted by atomic mass is 10.1. The van der Waals surface area contributed by atoms with Crippen molar-refractivity contribution in [2.45, 2.75) is 26.5 Å². The minimum absolute atomic E-state index is 0. The Morgan fingerprint density at radius 2 is 1.93 bits per heavy atom. The molecular weight excluding hydrogens is 392 g/mol. The largest absolute Gasteiger partial charge is 0.489 e. The minimum Gasteiger partial charge on any atom is -0.489 e. The molecule has 0 aliphatic heterocycles. The lowest BCUT2D eigenvalue weighted by Gasteiger charge is -2.18. The van der Waals surface area contributed by atoms with E-state index in [9.17, 15) is 4.79 Å². The van der Waals surface area contributed by atoms with Crippen molar-refractivity contribution in [3.8, 4) is 17.0 Å². The molecule has 0 fully saturated rings. The highest BCUT2D eigenvalue weighted by Gasteiger charge is 2.16. The number of hydrogen-bond acceptors (Lipinski definition) is 6. The fourth-order valence-corrected chi connectivity index (χ4v) is 3.14. The van der Waals surface area contributed by atoms with Crippen molar-refractivity contribution < 1.29 is 14.3 Å². The Morgan fingerprint density at radius 1 is 1.21 bits per heavy atom. The van der Waals surface area contributed by atoms with Crippen LogP contribution in [0.2, 0.25) is 0 Å². The van der Waals surface area contributed by atoms with Crippen LogP contribution in [0.5, 0.6) is 5.75 Å². The number of carbonyl (C=O) groups excluding carboxylic acids is 1. The first-order valence-corrected chi connectivity index (χ1v) is 9.37. The van der Waals surface area contributed by atoms with Gasteiger partial charge in [0.1, 0.15) is 24.1 Å². The number of nitrogens with zero attached hydrogens (tertiary/aromatic N) is 4. The molecule has 2 aromatic heterocycles. The Kier molecular flexibility index (Phi) is 7.99. The summed E-state index contributed by atoms with van der Waals surface area (Å²) in [5.74, 6) is 0.481. The Labute approximate surface area is 177 Å². The monoisotopic (exact) mass is 418 g/mol. The third kappa shape index (κ3) is 5.68. The van der Waals surface area contributed by atoms with E-state index in [2.05, 4.69) is 15.0 Å². The fourth-order valence-electron chi connectivity index (χ4n) is 3.14. The van der Waals surface area contributed by atoms with Gasteiger partial charge in [-0.15, -0.1) is 12.4 Å². The molecule has 0 N–H and O–H groups in total. The van der Waals surface area contributed by atoms with Crippen molar-refractivity contribution in [1.82, 2.24) is 19.7 Å². The number of esters is 1. The van der Waals surface area contributed by atoms with Gasteiger partial charge in [0.15, 0.2) is 5.65 Å². The first-order valence-electron chi connectivity index (χ1n) is 9.37. The quantitative estimate of drug-likeness (QED) is 0.522. The first-order chi connectivity index (χ1) is 13.5. The second-order valence-electron chi connectivity index (χ2n) is 6.90. The van der Waals surface area contributed by atoms with E-state index in [1.807, 2.05) is 57.4 Å². The van der Waals surface area contributed by atoms with E-state index in [1.54, 1.807) is 17.8 Å². The number of hydrogen-bond donors (Lipinski definition) is 0. The van der Waals surface area contributed by atoms with Crippen LogP contribution in [0, 0.1) is 0 Å². The summed E-state index contributed by atoms with van der Waals surface area (Å²) in [6, 6.07) is 11.6. The summed E-state index contributed by atoms with van der Waals surface area (Å²) in [5, 5.41) is 5.51. The van der Waals surface area contributed by atoms with Crippen molar-refractivity contribution >= 4 is 29.4 Å². The van der Waals surface area contributed by atoms with Gasteiger partial charge in [0.2, 0.25) is 0 Å². The Bertz CT molecular complexity index is 941. The predicted octanol–water partition coefficient (Wildman–Crippen LogP) is 3.41. The molecule has 0 saturated heterocycles. The van der Waals surface area contributed by atoms with Gasteiger partial charge in [-0.2, -0.15) is 5.10 Å². The van der Waals surface area contributed by atoms with Crippen LogP contribution in [0.15, 0.2) is 42.6 Å². The van der Waals surface area contributed by atoms with Gasteiger partial charge in [0.05, 0.1) is 6.61 Å². The van der Waals surface area contributed by atoms with Crippen molar-refractivity contribution in [3.05, 3.63) is 42.6 Å².